The Labute approximate surface area is 103 Å². The van der Waals surface area contributed by atoms with Crippen LogP contribution in [0.15, 0.2) is 24.4 Å². The molecule has 1 heterocycles. The number of benzene rings is 1. The van der Waals surface area contributed by atoms with E-state index in [9.17, 15) is 4.39 Å². The third kappa shape index (κ3) is 2.24. The zero-order valence-corrected chi connectivity index (χ0v) is 9.66. The normalized spacial score (nSPS) is 10.0. The fourth-order valence-electron chi connectivity index (χ4n) is 1.42. The number of hydrogen-bond donors (Lipinski definition) is 0. The predicted octanol–water partition coefficient (Wildman–Crippen LogP) is 3.12. The van der Waals surface area contributed by atoms with Crippen molar-refractivity contribution in [1.82, 2.24) is 9.97 Å². The molecular weight excluding hydrogens is 241 g/mol. The summed E-state index contributed by atoms with van der Waals surface area (Å²) in [6.07, 6.45) is 1.45. The first-order valence-corrected chi connectivity index (χ1v) is 5.19. The molecule has 0 aliphatic rings. The van der Waals surface area contributed by atoms with Gasteiger partial charge in [0.15, 0.2) is 5.69 Å². The van der Waals surface area contributed by atoms with Crippen molar-refractivity contribution < 1.29 is 4.39 Å². The molecule has 0 bridgehead atoms. The molecule has 2 aromatic rings. The van der Waals surface area contributed by atoms with Crippen LogP contribution < -0.4 is 0 Å². The first kappa shape index (κ1) is 11.5. The molecular formula is C12H7ClFN3. The monoisotopic (exact) mass is 247 g/mol. The van der Waals surface area contributed by atoms with Gasteiger partial charge in [0.25, 0.3) is 0 Å². The first-order chi connectivity index (χ1) is 8.11. The van der Waals surface area contributed by atoms with Crippen LogP contribution in [0.4, 0.5) is 4.39 Å². The van der Waals surface area contributed by atoms with Crippen molar-refractivity contribution in [2.75, 3.05) is 0 Å². The Morgan fingerprint density at radius 3 is 2.76 bits per heavy atom. The van der Waals surface area contributed by atoms with Crippen molar-refractivity contribution in [3.63, 3.8) is 0 Å². The number of rotatable bonds is 1. The molecule has 1 aromatic heterocycles. The zero-order chi connectivity index (χ0) is 12.4. The van der Waals surface area contributed by atoms with Crippen molar-refractivity contribution >= 4 is 11.6 Å². The van der Waals surface area contributed by atoms with Crippen molar-refractivity contribution in [2.24, 2.45) is 0 Å². The van der Waals surface area contributed by atoms with Gasteiger partial charge in [-0.1, -0.05) is 11.6 Å². The molecule has 17 heavy (non-hydrogen) atoms. The summed E-state index contributed by atoms with van der Waals surface area (Å²) in [5.41, 5.74) is 1.90. The van der Waals surface area contributed by atoms with Crippen LogP contribution in [-0.2, 0) is 0 Å². The number of aryl methyl sites for hydroxylation is 1. The molecule has 0 spiro atoms. The van der Waals surface area contributed by atoms with Crippen LogP contribution in [0.1, 0.15) is 11.4 Å². The lowest BCUT2D eigenvalue weighted by Gasteiger charge is -2.04. The maximum absolute atomic E-state index is 12.9. The third-order valence-corrected chi connectivity index (χ3v) is 2.57. The fourth-order valence-corrected chi connectivity index (χ4v) is 1.68. The van der Waals surface area contributed by atoms with Gasteiger partial charge >= 0.3 is 0 Å². The molecule has 0 saturated carbocycles. The topological polar surface area (TPSA) is 49.6 Å². The third-order valence-electron chi connectivity index (χ3n) is 2.26. The van der Waals surface area contributed by atoms with E-state index in [0.29, 0.717) is 17.0 Å². The van der Waals surface area contributed by atoms with Gasteiger partial charge in [0.05, 0.1) is 22.6 Å². The molecule has 2 rings (SSSR count). The van der Waals surface area contributed by atoms with E-state index in [1.165, 1.54) is 24.4 Å². The van der Waals surface area contributed by atoms with Gasteiger partial charge in [-0.15, -0.1) is 0 Å². The fraction of sp³-hybridized carbons (Fsp3) is 0.0833. The standard InChI is InChI=1S/C12H7ClFN3/c1-7-11(5-15)16-6-12(17-7)9-3-2-8(14)4-10(9)13/h2-4,6H,1H3. The number of aromatic nitrogens is 2. The first-order valence-electron chi connectivity index (χ1n) is 4.81. The van der Waals surface area contributed by atoms with E-state index in [0.717, 1.165) is 0 Å². The average molecular weight is 248 g/mol. The molecule has 0 radical (unpaired) electrons. The molecule has 0 saturated heterocycles. The van der Waals surface area contributed by atoms with Gasteiger partial charge in [-0.2, -0.15) is 5.26 Å². The largest absolute Gasteiger partial charge is 0.248 e. The van der Waals surface area contributed by atoms with Crippen LogP contribution in [0.2, 0.25) is 5.02 Å². The molecule has 0 N–H and O–H groups in total. The van der Waals surface area contributed by atoms with E-state index in [2.05, 4.69) is 9.97 Å². The van der Waals surface area contributed by atoms with E-state index in [4.69, 9.17) is 16.9 Å². The quantitative estimate of drug-likeness (QED) is 0.778. The Bertz CT molecular complexity index is 620. The highest BCUT2D eigenvalue weighted by molar-refractivity contribution is 6.33. The van der Waals surface area contributed by atoms with E-state index < -0.39 is 5.82 Å². The molecule has 84 valence electrons. The van der Waals surface area contributed by atoms with E-state index in [1.807, 2.05) is 6.07 Å². The molecule has 0 aliphatic heterocycles. The highest BCUT2D eigenvalue weighted by Crippen LogP contribution is 2.26. The van der Waals surface area contributed by atoms with Gasteiger partial charge in [0.1, 0.15) is 11.9 Å². The zero-order valence-electron chi connectivity index (χ0n) is 8.91. The van der Waals surface area contributed by atoms with Crippen LogP contribution in [0.3, 0.4) is 0 Å². The molecule has 0 aliphatic carbocycles. The smallest absolute Gasteiger partial charge is 0.161 e. The lowest BCUT2D eigenvalue weighted by molar-refractivity contribution is 0.628. The van der Waals surface area contributed by atoms with E-state index in [1.54, 1.807) is 6.92 Å². The van der Waals surface area contributed by atoms with Crippen LogP contribution in [-0.4, -0.2) is 9.97 Å². The summed E-state index contributed by atoms with van der Waals surface area (Å²) < 4.78 is 12.9. The Morgan fingerprint density at radius 2 is 2.18 bits per heavy atom. The van der Waals surface area contributed by atoms with Crippen molar-refractivity contribution in [3.05, 3.63) is 46.6 Å². The number of halogens is 2. The van der Waals surface area contributed by atoms with Gasteiger partial charge in [0.2, 0.25) is 0 Å². The highest BCUT2D eigenvalue weighted by Gasteiger charge is 2.09. The Morgan fingerprint density at radius 1 is 1.41 bits per heavy atom. The van der Waals surface area contributed by atoms with E-state index >= 15 is 0 Å². The highest BCUT2D eigenvalue weighted by atomic mass is 35.5. The van der Waals surface area contributed by atoms with Crippen molar-refractivity contribution in [3.8, 4) is 17.3 Å². The lowest BCUT2D eigenvalue weighted by Crippen LogP contribution is -1.95. The number of nitrogens with zero attached hydrogens (tertiary/aromatic N) is 3. The van der Waals surface area contributed by atoms with Gasteiger partial charge in [-0.05, 0) is 25.1 Å². The molecule has 1 aromatic carbocycles. The Hall–Kier alpha value is -1.99. The summed E-state index contributed by atoms with van der Waals surface area (Å²) in [4.78, 5) is 8.17. The minimum Gasteiger partial charge on any atom is -0.248 e. The van der Waals surface area contributed by atoms with Crippen LogP contribution in [0.25, 0.3) is 11.3 Å². The molecule has 3 nitrogen and oxygen atoms in total. The number of hydrogen-bond acceptors (Lipinski definition) is 3. The average Bonchev–Trinajstić information content (AvgIpc) is 2.29. The molecule has 0 amide bonds. The second-order valence-electron chi connectivity index (χ2n) is 3.43. The second-order valence-corrected chi connectivity index (χ2v) is 3.83. The van der Waals surface area contributed by atoms with Gasteiger partial charge in [-0.25, -0.2) is 14.4 Å². The summed E-state index contributed by atoms with van der Waals surface area (Å²) in [6.45, 7) is 1.69. The molecule has 0 fully saturated rings. The molecule has 5 heteroatoms. The Balaban J connectivity index is 2.54. The SMILES string of the molecule is Cc1nc(-c2ccc(F)cc2Cl)cnc1C#N. The van der Waals surface area contributed by atoms with Crippen LogP contribution in [0.5, 0.6) is 0 Å². The number of nitriles is 1. The molecule has 0 atom stereocenters. The van der Waals surface area contributed by atoms with E-state index in [-0.39, 0.29) is 10.7 Å². The van der Waals surface area contributed by atoms with Gasteiger partial charge in [0, 0.05) is 5.56 Å². The second kappa shape index (κ2) is 4.48. The van der Waals surface area contributed by atoms with Crippen molar-refractivity contribution in [2.45, 2.75) is 6.92 Å². The summed E-state index contributed by atoms with van der Waals surface area (Å²) in [7, 11) is 0. The minimum absolute atomic E-state index is 0.267. The van der Waals surface area contributed by atoms with Crippen molar-refractivity contribution in [1.29, 1.82) is 5.26 Å². The van der Waals surface area contributed by atoms with Crippen LogP contribution >= 0.6 is 11.6 Å². The maximum Gasteiger partial charge on any atom is 0.161 e. The summed E-state index contributed by atoms with van der Waals surface area (Å²) in [5.74, 6) is -0.405. The van der Waals surface area contributed by atoms with Gasteiger partial charge in [-0.3, -0.25) is 0 Å². The van der Waals surface area contributed by atoms with Crippen LogP contribution in [0, 0.1) is 24.1 Å². The molecule has 0 unspecified atom stereocenters. The predicted molar refractivity (Wildman–Crippen MR) is 61.9 cm³/mol. The summed E-state index contributed by atoms with van der Waals surface area (Å²) in [5, 5.41) is 9.01. The maximum atomic E-state index is 12.9. The van der Waals surface area contributed by atoms with Gasteiger partial charge < -0.3 is 0 Å². The minimum atomic E-state index is -0.405. The lowest BCUT2D eigenvalue weighted by atomic mass is 10.1. The Kier molecular flexibility index (Phi) is 3.03. The summed E-state index contributed by atoms with van der Waals surface area (Å²) in [6, 6.07) is 5.98. The summed E-state index contributed by atoms with van der Waals surface area (Å²) >= 11 is 5.92.